The molecule has 0 aromatic carbocycles. The highest BCUT2D eigenvalue weighted by Crippen LogP contribution is 2.30. The number of hydrogen-bond donors (Lipinski definition) is 1. The molecule has 0 radical (unpaired) electrons. The molecule has 1 saturated heterocycles. The average Bonchev–Trinajstić information content (AvgIpc) is 3.33. The van der Waals surface area contributed by atoms with Gasteiger partial charge >= 0.3 is 0 Å². The van der Waals surface area contributed by atoms with Gasteiger partial charge in [-0.3, -0.25) is 19.7 Å². The maximum absolute atomic E-state index is 12.8. The van der Waals surface area contributed by atoms with Crippen LogP contribution in [0, 0.1) is 18.8 Å². The van der Waals surface area contributed by atoms with Crippen LogP contribution < -0.4 is 5.32 Å². The maximum atomic E-state index is 12.8. The summed E-state index contributed by atoms with van der Waals surface area (Å²) in [6.07, 6.45) is 2.58. The van der Waals surface area contributed by atoms with E-state index in [-0.39, 0.29) is 5.91 Å². The van der Waals surface area contributed by atoms with Crippen LogP contribution >= 0.6 is 22.7 Å². The van der Waals surface area contributed by atoms with Gasteiger partial charge in [0.2, 0.25) is 0 Å². The molecule has 0 spiro atoms. The number of likely N-dealkylation sites (tertiary alicyclic amines) is 1. The van der Waals surface area contributed by atoms with Gasteiger partial charge in [0.25, 0.3) is 5.91 Å². The number of piperidine rings is 1. The van der Waals surface area contributed by atoms with Crippen LogP contribution in [-0.4, -0.2) is 38.7 Å². The lowest BCUT2D eigenvalue weighted by atomic mass is 10.0. The number of carbonyl (C=O) groups is 1. The van der Waals surface area contributed by atoms with Crippen molar-refractivity contribution in [2.75, 3.05) is 18.4 Å². The lowest BCUT2D eigenvalue weighted by Crippen LogP contribution is -2.33. The molecule has 1 fully saturated rings. The fraction of sp³-hybridized carbons (Fsp3) is 0.571. The lowest BCUT2D eigenvalue weighted by molar-refractivity contribution is 0.103. The van der Waals surface area contributed by atoms with Crippen LogP contribution in [0.1, 0.15) is 54.7 Å². The van der Waals surface area contributed by atoms with Gasteiger partial charge in [-0.2, -0.15) is 5.10 Å². The van der Waals surface area contributed by atoms with Crippen molar-refractivity contribution in [2.24, 2.45) is 11.8 Å². The number of fused-ring (bicyclic) bond motifs is 1. The molecular weight excluding hydrogens is 402 g/mol. The summed E-state index contributed by atoms with van der Waals surface area (Å²) >= 11 is 3.01. The third-order valence-corrected chi connectivity index (χ3v) is 7.22. The Kier molecular flexibility index (Phi) is 6.03. The number of nitrogens with zero attached hydrogens (tertiary/aromatic N) is 4. The number of rotatable bonds is 6. The third kappa shape index (κ3) is 4.70. The number of amides is 1. The quantitative estimate of drug-likeness (QED) is 0.596. The molecule has 4 rings (SSSR count). The zero-order valence-corrected chi connectivity index (χ0v) is 19.2. The summed E-state index contributed by atoms with van der Waals surface area (Å²) in [5.41, 5.74) is 2.02. The van der Waals surface area contributed by atoms with E-state index in [0.29, 0.717) is 15.9 Å². The summed E-state index contributed by atoms with van der Waals surface area (Å²) in [6, 6.07) is 1.96. The SMILES string of the molecule is Cc1nn(CC(C)C)c2sc(C(=O)Nc3nc(CN4CCCC(C)C4)cs3)cc12. The summed E-state index contributed by atoms with van der Waals surface area (Å²) in [5, 5.41) is 11.4. The van der Waals surface area contributed by atoms with E-state index in [1.165, 1.54) is 35.5 Å². The highest BCUT2D eigenvalue weighted by atomic mass is 32.1. The molecule has 6 nitrogen and oxygen atoms in total. The predicted octanol–water partition coefficient (Wildman–Crippen LogP) is 5.00. The third-order valence-electron chi connectivity index (χ3n) is 5.27. The van der Waals surface area contributed by atoms with E-state index in [1.54, 1.807) is 0 Å². The second kappa shape index (κ2) is 8.53. The lowest BCUT2D eigenvalue weighted by Gasteiger charge is -2.30. The molecule has 1 atom stereocenters. The van der Waals surface area contributed by atoms with E-state index in [9.17, 15) is 4.79 Å². The van der Waals surface area contributed by atoms with Crippen LogP contribution in [0.3, 0.4) is 0 Å². The van der Waals surface area contributed by atoms with Gasteiger partial charge in [0, 0.05) is 30.4 Å². The van der Waals surface area contributed by atoms with Crippen LogP contribution in [0.5, 0.6) is 0 Å². The van der Waals surface area contributed by atoms with E-state index >= 15 is 0 Å². The number of hydrogen-bond acceptors (Lipinski definition) is 6. The monoisotopic (exact) mass is 431 g/mol. The molecule has 1 aliphatic heterocycles. The Morgan fingerprint density at radius 2 is 2.24 bits per heavy atom. The van der Waals surface area contributed by atoms with Crippen LogP contribution in [-0.2, 0) is 13.1 Å². The number of carbonyl (C=O) groups excluding carboxylic acids is 1. The average molecular weight is 432 g/mol. The molecular formula is C21H29N5OS2. The van der Waals surface area contributed by atoms with Crippen molar-refractivity contribution >= 4 is 43.9 Å². The smallest absolute Gasteiger partial charge is 0.267 e. The standard InChI is InChI=1S/C21H29N5OS2/c1-13(2)9-26-20-17(15(4)24-26)8-18(29-20)19(27)23-21-22-16(12-28-21)11-25-7-5-6-14(3)10-25/h8,12-14H,5-7,9-11H2,1-4H3,(H,22,23,27). The Labute approximate surface area is 179 Å². The maximum Gasteiger partial charge on any atom is 0.267 e. The van der Waals surface area contributed by atoms with Crippen molar-refractivity contribution in [1.82, 2.24) is 19.7 Å². The predicted molar refractivity (Wildman–Crippen MR) is 121 cm³/mol. The first-order chi connectivity index (χ1) is 13.9. The molecule has 1 N–H and O–H groups in total. The first-order valence-electron chi connectivity index (χ1n) is 10.3. The van der Waals surface area contributed by atoms with Gasteiger partial charge in [0.15, 0.2) is 5.13 Å². The minimum atomic E-state index is -0.0887. The molecule has 1 amide bonds. The molecule has 3 aromatic heterocycles. The number of aromatic nitrogens is 3. The van der Waals surface area contributed by atoms with Gasteiger partial charge in [-0.05, 0) is 44.2 Å². The second-order valence-electron chi connectivity index (χ2n) is 8.57. The Hall–Kier alpha value is -1.77. The minimum Gasteiger partial charge on any atom is -0.297 e. The first kappa shape index (κ1) is 20.5. The van der Waals surface area contributed by atoms with Gasteiger partial charge in [0.05, 0.1) is 16.3 Å². The summed E-state index contributed by atoms with van der Waals surface area (Å²) < 4.78 is 2.03. The van der Waals surface area contributed by atoms with Crippen molar-refractivity contribution < 1.29 is 4.79 Å². The van der Waals surface area contributed by atoms with E-state index in [2.05, 4.69) is 46.5 Å². The van der Waals surface area contributed by atoms with Crippen LogP contribution in [0.25, 0.3) is 10.2 Å². The minimum absolute atomic E-state index is 0.0887. The van der Waals surface area contributed by atoms with Crippen molar-refractivity contribution in [3.63, 3.8) is 0 Å². The van der Waals surface area contributed by atoms with Crippen LogP contribution in [0.15, 0.2) is 11.4 Å². The zero-order valence-electron chi connectivity index (χ0n) is 17.6. The molecule has 8 heteroatoms. The molecule has 0 aliphatic carbocycles. The Morgan fingerprint density at radius 1 is 1.41 bits per heavy atom. The number of anilines is 1. The van der Waals surface area contributed by atoms with E-state index in [4.69, 9.17) is 0 Å². The normalized spacial score (nSPS) is 18.0. The van der Waals surface area contributed by atoms with Gasteiger partial charge in [0.1, 0.15) is 4.83 Å². The van der Waals surface area contributed by atoms with Crippen molar-refractivity contribution in [3.8, 4) is 0 Å². The highest BCUT2D eigenvalue weighted by molar-refractivity contribution is 7.20. The molecule has 1 aliphatic rings. The largest absolute Gasteiger partial charge is 0.297 e. The number of thiophene rings is 1. The number of nitrogens with one attached hydrogen (secondary N) is 1. The molecule has 0 bridgehead atoms. The van der Waals surface area contributed by atoms with Gasteiger partial charge in [-0.25, -0.2) is 4.98 Å². The van der Waals surface area contributed by atoms with E-state index in [0.717, 1.165) is 53.7 Å². The van der Waals surface area contributed by atoms with E-state index in [1.807, 2.05) is 17.7 Å². The van der Waals surface area contributed by atoms with Gasteiger partial charge < -0.3 is 0 Å². The van der Waals surface area contributed by atoms with Crippen LogP contribution in [0.4, 0.5) is 5.13 Å². The molecule has 0 saturated carbocycles. The van der Waals surface area contributed by atoms with Crippen LogP contribution in [0.2, 0.25) is 0 Å². The Balaban J connectivity index is 1.43. The molecule has 29 heavy (non-hydrogen) atoms. The highest BCUT2D eigenvalue weighted by Gasteiger charge is 2.19. The molecule has 4 heterocycles. The van der Waals surface area contributed by atoms with E-state index < -0.39 is 0 Å². The van der Waals surface area contributed by atoms with Gasteiger partial charge in [-0.1, -0.05) is 20.8 Å². The molecule has 1 unspecified atom stereocenters. The fourth-order valence-electron chi connectivity index (χ4n) is 3.95. The van der Waals surface area contributed by atoms with Crippen molar-refractivity contribution in [2.45, 2.75) is 53.6 Å². The first-order valence-corrected chi connectivity index (χ1v) is 12.0. The summed E-state index contributed by atoms with van der Waals surface area (Å²) in [4.78, 5) is 21.7. The number of thiazole rings is 1. The zero-order chi connectivity index (χ0) is 20.5. The van der Waals surface area contributed by atoms with Gasteiger partial charge in [-0.15, -0.1) is 22.7 Å². The summed E-state index contributed by atoms with van der Waals surface area (Å²) in [5.74, 6) is 1.17. The summed E-state index contributed by atoms with van der Waals surface area (Å²) in [7, 11) is 0. The van der Waals surface area contributed by atoms with Crippen molar-refractivity contribution in [1.29, 1.82) is 0 Å². The fourth-order valence-corrected chi connectivity index (χ4v) is 5.71. The molecule has 3 aromatic rings. The second-order valence-corrected chi connectivity index (χ2v) is 10.5. The topological polar surface area (TPSA) is 63.1 Å². The van der Waals surface area contributed by atoms with Crippen molar-refractivity contribution in [3.05, 3.63) is 27.7 Å². The summed E-state index contributed by atoms with van der Waals surface area (Å²) in [6.45, 7) is 12.7. The number of aryl methyl sites for hydroxylation is 1. The Bertz CT molecular complexity index is 1000. The Morgan fingerprint density at radius 3 is 3.00 bits per heavy atom. The molecule has 156 valence electrons.